The van der Waals surface area contributed by atoms with E-state index < -0.39 is 0 Å². The van der Waals surface area contributed by atoms with E-state index in [0.29, 0.717) is 22.9 Å². The molecule has 0 aromatic carbocycles. The summed E-state index contributed by atoms with van der Waals surface area (Å²) < 4.78 is 3.87. The molecular weight excluding hydrogens is 163 g/mol. The second-order valence-electron chi connectivity index (χ2n) is 0.201. The Hall–Kier alpha value is 0.269. The van der Waals surface area contributed by atoms with Gasteiger partial charge in [-0.15, -0.1) is 0 Å². The topological polar surface area (TPSA) is 26.3 Å². The molecule has 22 valence electrons. The third kappa shape index (κ3) is 2.27. The Morgan fingerprint density at radius 1 is 2.00 bits per heavy atom. The van der Waals surface area contributed by atoms with Crippen molar-refractivity contribution in [2.24, 2.45) is 0 Å². The van der Waals surface area contributed by atoms with Gasteiger partial charge < -0.3 is 0 Å². The number of hydrogen-bond donors (Lipinski definition) is 0. The van der Waals surface area contributed by atoms with Crippen molar-refractivity contribution in [3.63, 3.8) is 0 Å². The Morgan fingerprint density at radius 2 is 2.25 bits per heavy atom. The quantitative estimate of drug-likeness (QED) is 0.362. The zero-order valence-electron chi connectivity index (χ0n) is 1.89. The van der Waals surface area contributed by atoms with Crippen LogP contribution in [0.4, 0.5) is 0 Å². The number of carbonyl (C=O) groups excluding carboxylic acids is 1. The van der Waals surface area contributed by atoms with Gasteiger partial charge in [0.15, 0.2) is 0 Å². The summed E-state index contributed by atoms with van der Waals surface area (Å²) in [5.74, 6) is 0. The molecular formula is CHO2Sn-. The SMILES string of the molecule is O=[C-][O][SnH]. The maximum absolute atomic E-state index is 8.86. The molecule has 0 aliphatic carbocycles. The molecule has 2 nitrogen and oxygen atoms in total. The Labute approximate surface area is 37.8 Å². The van der Waals surface area contributed by atoms with Crippen molar-refractivity contribution in [3.8, 4) is 0 Å². The van der Waals surface area contributed by atoms with Gasteiger partial charge in [-0.3, -0.25) is 0 Å². The third-order valence-corrected chi connectivity index (χ3v) is 0.323. The van der Waals surface area contributed by atoms with Crippen LogP contribution in [-0.4, -0.2) is 29.4 Å². The van der Waals surface area contributed by atoms with Crippen molar-refractivity contribution in [2.45, 2.75) is 0 Å². The van der Waals surface area contributed by atoms with Crippen molar-refractivity contribution >= 4 is 29.4 Å². The second kappa shape index (κ2) is 3.27. The van der Waals surface area contributed by atoms with Crippen LogP contribution in [-0.2, 0) is 7.87 Å². The first-order valence-corrected chi connectivity index (χ1v) is 1.99. The normalized spacial score (nSPS) is 5.25. The van der Waals surface area contributed by atoms with Crippen LogP contribution < -0.4 is 0 Å². The molecule has 0 amide bonds. The zero-order valence-corrected chi connectivity index (χ0v) is 5.19. The minimum absolute atomic E-state index is 0.517. The molecule has 2 radical (unpaired) electrons. The molecule has 0 aliphatic heterocycles. The van der Waals surface area contributed by atoms with Crippen LogP contribution in [0.1, 0.15) is 0 Å². The zero-order chi connectivity index (χ0) is 3.41. The first kappa shape index (κ1) is 4.27. The summed E-state index contributed by atoms with van der Waals surface area (Å²) in [6, 6.07) is 0. The van der Waals surface area contributed by atoms with Crippen molar-refractivity contribution in [2.75, 3.05) is 0 Å². The molecule has 0 aromatic rings. The molecule has 0 saturated heterocycles. The fourth-order valence-corrected chi connectivity index (χ4v) is 0. The molecule has 0 atom stereocenters. The molecule has 0 spiro atoms. The van der Waals surface area contributed by atoms with E-state index in [1.165, 1.54) is 6.47 Å². The third-order valence-electron chi connectivity index (χ3n) is 0.0481. The van der Waals surface area contributed by atoms with E-state index in [-0.39, 0.29) is 0 Å². The average Bonchev–Trinajstić information content (AvgIpc) is 1.37. The summed E-state index contributed by atoms with van der Waals surface area (Å²) in [5, 5.41) is 0. The van der Waals surface area contributed by atoms with Crippen molar-refractivity contribution in [1.29, 1.82) is 0 Å². The van der Waals surface area contributed by atoms with Crippen LogP contribution in [0.5, 0.6) is 0 Å². The molecule has 0 rings (SSSR count). The van der Waals surface area contributed by atoms with Crippen LogP contribution in [0.25, 0.3) is 0 Å². The Bertz CT molecular complexity index is 20.0. The predicted octanol–water partition coefficient (Wildman–Crippen LogP) is -1.11. The van der Waals surface area contributed by atoms with Crippen molar-refractivity contribution < 1.29 is 7.87 Å². The molecule has 0 N–H and O–H groups in total. The fourth-order valence-electron chi connectivity index (χ4n) is 0. The Morgan fingerprint density at radius 3 is 2.25 bits per heavy atom. The van der Waals surface area contributed by atoms with Crippen LogP contribution >= 0.6 is 0 Å². The summed E-state index contributed by atoms with van der Waals surface area (Å²) in [7, 11) is 0. The minimum atomic E-state index is 0.517. The Balaban J connectivity index is 2.30. The monoisotopic (exact) mass is 165 g/mol. The van der Waals surface area contributed by atoms with Gasteiger partial charge in [0.05, 0.1) is 0 Å². The van der Waals surface area contributed by atoms with Crippen LogP contribution in [0, 0.1) is 0 Å². The van der Waals surface area contributed by atoms with Gasteiger partial charge in [0.25, 0.3) is 0 Å². The van der Waals surface area contributed by atoms with Gasteiger partial charge in [-0.2, -0.15) is 0 Å². The van der Waals surface area contributed by atoms with E-state index in [9.17, 15) is 0 Å². The molecule has 0 aliphatic rings. The molecule has 4 heavy (non-hydrogen) atoms. The predicted molar refractivity (Wildman–Crippen MR) is 13.9 cm³/mol. The summed E-state index contributed by atoms with van der Waals surface area (Å²) in [6.07, 6.45) is 0. The van der Waals surface area contributed by atoms with Gasteiger partial charge in [0, 0.05) is 0 Å². The second-order valence-corrected chi connectivity index (χ2v) is 0.874. The van der Waals surface area contributed by atoms with E-state index >= 15 is 0 Å². The van der Waals surface area contributed by atoms with E-state index in [0.717, 1.165) is 0 Å². The standard InChI is InChI=1S/CO2.Sn.H/c2-1-3;;/q-2;+1;. The van der Waals surface area contributed by atoms with Crippen molar-refractivity contribution in [1.82, 2.24) is 0 Å². The van der Waals surface area contributed by atoms with Gasteiger partial charge in [-0.25, -0.2) is 0 Å². The molecule has 0 unspecified atom stereocenters. The van der Waals surface area contributed by atoms with E-state index in [1.807, 2.05) is 0 Å². The Kier molecular flexibility index (Phi) is 3.49. The van der Waals surface area contributed by atoms with Gasteiger partial charge >= 0.3 is 37.3 Å². The summed E-state index contributed by atoms with van der Waals surface area (Å²) in [6.45, 7) is 1.24. The summed E-state index contributed by atoms with van der Waals surface area (Å²) in [4.78, 5) is 8.86. The molecule has 0 fully saturated rings. The van der Waals surface area contributed by atoms with Gasteiger partial charge in [-0.05, 0) is 0 Å². The summed E-state index contributed by atoms with van der Waals surface area (Å²) in [5.41, 5.74) is 0. The summed E-state index contributed by atoms with van der Waals surface area (Å²) >= 11 is 0.517. The van der Waals surface area contributed by atoms with Gasteiger partial charge in [-0.1, -0.05) is 0 Å². The van der Waals surface area contributed by atoms with Crippen LogP contribution in [0.15, 0.2) is 0 Å². The molecule has 0 aromatic heterocycles. The number of rotatable bonds is 1. The van der Waals surface area contributed by atoms with E-state index in [4.69, 9.17) is 4.79 Å². The van der Waals surface area contributed by atoms with Crippen LogP contribution in [0.3, 0.4) is 0 Å². The fraction of sp³-hybridized carbons (Fsp3) is 0. The van der Waals surface area contributed by atoms with Gasteiger partial charge in [0.2, 0.25) is 0 Å². The van der Waals surface area contributed by atoms with Crippen LogP contribution in [0.2, 0.25) is 0 Å². The molecule has 0 heterocycles. The number of hydrogen-bond acceptors (Lipinski definition) is 2. The first-order chi connectivity index (χ1) is 1.91. The first-order valence-electron chi connectivity index (χ1n) is 0.644. The van der Waals surface area contributed by atoms with E-state index in [1.54, 1.807) is 0 Å². The maximum atomic E-state index is 8.86. The molecule has 0 saturated carbocycles. The average molecular weight is 164 g/mol. The van der Waals surface area contributed by atoms with Crippen molar-refractivity contribution in [3.05, 3.63) is 0 Å². The van der Waals surface area contributed by atoms with Gasteiger partial charge in [0.1, 0.15) is 0 Å². The molecule has 0 bridgehead atoms. The molecule has 3 heteroatoms. The van der Waals surface area contributed by atoms with E-state index in [2.05, 4.69) is 3.07 Å².